The van der Waals surface area contributed by atoms with E-state index in [0.717, 1.165) is 19.3 Å². The van der Waals surface area contributed by atoms with Crippen molar-refractivity contribution < 1.29 is 14.7 Å². The van der Waals surface area contributed by atoms with Gasteiger partial charge in [-0.2, -0.15) is 0 Å². The molecule has 0 aromatic heterocycles. The van der Waals surface area contributed by atoms with E-state index >= 15 is 0 Å². The molecule has 2 atom stereocenters. The summed E-state index contributed by atoms with van der Waals surface area (Å²) in [7, 11) is 0. The minimum Gasteiger partial charge on any atom is -0.481 e. The Morgan fingerprint density at radius 2 is 1.95 bits per heavy atom. The molecule has 1 aliphatic carbocycles. The van der Waals surface area contributed by atoms with E-state index in [1.54, 1.807) is 0 Å². The molecule has 1 aliphatic rings. The third-order valence-electron chi connectivity index (χ3n) is 3.89. The van der Waals surface area contributed by atoms with Crippen molar-refractivity contribution >= 4 is 12.0 Å². The highest BCUT2D eigenvalue weighted by molar-refractivity contribution is 5.75. The molecule has 0 aliphatic heterocycles. The van der Waals surface area contributed by atoms with Gasteiger partial charge in [-0.3, -0.25) is 4.79 Å². The van der Waals surface area contributed by atoms with Crippen LogP contribution in [-0.2, 0) is 11.2 Å². The van der Waals surface area contributed by atoms with E-state index in [1.165, 1.54) is 5.56 Å². The van der Waals surface area contributed by atoms with E-state index in [9.17, 15) is 9.59 Å². The second-order valence-electron chi connectivity index (χ2n) is 5.53. The Morgan fingerprint density at radius 3 is 2.62 bits per heavy atom. The Balaban J connectivity index is 1.59. The number of amides is 2. The number of hydrogen-bond acceptors (Lipinski definition) is 2. The summed E-state index contributed by atoms with van der Waals surface area (Å²) in [6.45, 7) is 0.621. The second kappa shape index (κ2) is 7.67. The molecule has 1 aromatic rings. The Morgan fingerprint density at radius 1 is 1.19 bits per heavy atom. The van der Waals surface area contributed by atoms with Gasteiger partial charge in [-0.15, -0.1) is 0 Å². The zero-order chi connectivity index (χ0) is 15.1. The van der Waals surface area contributed by atoms with Gasteiger partial charge >= 0.3 is 12.0 Å². The van der Waals surface area contributed by atoms with Crippen LogP contribution < -0.4 is 10.6 Å². The molecule has 0 spiro atoms. The number of carbonyl (C=O) groups is 2. The van der Waals surface area contributed by atoms with Gasteiger partial charge < -0.3 is 15.7 Å². The van der Waals surface area contributed by atoms with Crippen LogP contribution in [0.1, 0.15) is 31.2 Å². The topological polar surface area (TPSA) is 78.4 Å². The van der Waals surface area contributed by atoms with Crippen LogP contribution in [0.4, 0.5) is 4.79 Å². The van der Waals surface area contributed by atoms with Gasteiger partial charge in [0.1, 0.15) is 0 Å². The fraction of sp³-hybridized carbons (Fsp3) is 0.500. The van der Waals surface area contributed by atoms with E-state index in [2.05, 4.69) is 22.8 Å². The normalized spacial score (nSPS) is 21.0. The number of carboxylic acid groups (broad SMARTS) is 1. The molecule has 0 heterocycles. The zero-order valence-corrected chi connectivity index (χ0v) is 12.0. The molecule has 21 heavy (non-hydrogen) atoms. The van der Waals surface area contributed by atoms with E-state index in [0.29, 0.717) is 19.4 Å². The Hall–Kier alpha value is -2.04. The van der Waals surface area contributed by atoms with Crippen molar-refractivity contribution in [3.63, 3.8) is 0 Å². The Bertz CT molecular complexity index is 476. The highest BCUT2D eigenvalue weighted by Crippen LogP contribution is 2.25. The molecule has 0 saturated heterocycles. The minimum absolute atomic E-state index is 0.0137. The molecule has 5 heteroatoms. The first-order valence-electron chi connectivity index (χ1n) is 7.46. The van der Waals surface area contributed by atoms with Crippen LogP contribution in [-0.4, -0.2) is 29.7 Å². The van der Waals surface area contributed by atoms with Gasteiger partial charge in [0.25, 0.3) is 0 Å². The van der Waals surface area contributed by atoms with Gasteiger partial charge in [-0.25, -0.2) is 4.79 Å². The van der Waals surface area contributed by atoms with Gasteiger partial charge in [0.15, 0.2) is 0 Å². The van der Waals surface area contributed by atoms with Crippen molar-refractivity contribution in [2.45, 2.75) is 38.1 Å². The molecule has 1 fully saturated rings. The molecule has 0 bridgehead atoms. The van der Waals surface area contributed by atoms with Crippen LogP contribution in [0.2, 0.25) is 0 Å². The lowest BCUT2D eigenvalue weighted by molar-refractivity contribution is -0.141. The summed E-state index contributed by atoms with van der Waals surface area (Å²) in [5.74, 6) is -1.07. The first-order valence-corrected chi connectivity index (χ1v) is 7.46. The SMILES string of the molecule is O=C(NCCCc1ccccc1)NC1CCC(C(=O)O)C1. The molecule has 114 valence electrons. The number of aryl methyl sites for hydroxylation is 1. The fourth-order valence-electron chi connectivity index (χ4n) is 2.71. The number of aliphatic carboxylic acids is 1. The molecule has 5 nitrogen and oxygen atoms in total. The number of urea groups is 1. The number of rotatable bonds is 6. The summed E-state index contributed by atoms with van der Waals surface area (Å²) >= 11 is 0. The Labute approximate surface area is 124 Å². The van der Waals surface area contributed by atoms with Gasteiger partial charge in [0, 0.05) is 12.6 Å². The van der Waals surface area contributed by atoms with Gasteiger partial charge in [-0.1, -0.05) is 30.3 Å². The number of carbonyl (C=O) groups excluding carboxylic acids is 1. The molecule has 1 saturated carbocycles. The summed E-state index contributed by atoms with van der Waals surface area (Å²) in [5.41, 5.74) is 1.26. The predicted octanol–water partition coefficient (Wildman–Crippen LogP) is 2.17. The minimum atomic E-state index is -0.762. The first kappa shape index (κ1) is 15.4. The zero-order valence-electron chi connectivity index (χ0n) is 12.0. The summed E-state index contributed by atoms with van der Waals surface area (Å²) in [5, 5.41) is 14.6. The lowest BCUT2D eigenvalue weighted by Gasteiger charge is -2.13. The van der Waals surface area contributed by atoms with Crippen molar-refractivity contribution in [1.29, 1.82) is 0 Å². The highest BCUT2D eigenvalue weighted by Gasteiger charge is 2.30. The van der Waals surface area contributed by atoms with Crippen molar-refractivity contribution in [3.05, 3.63) is 35.9 Å². The van der Waals surface area contributed by atoms with Crippen LogP contribution in [0.3, 0.4) is 0 Å². The van der Waals surface area contributed by atoms with E-state index in [1.807, 2.05) is 18.2 Å². The van der Waals surface area contributed by atoms with Gasteiger partial charge in [0.05, 0.1) is 5.92 Å². The summed E-state index contributed by atoms with van der Waals surface area (Å²) < 4.78 is 0. The van der Waals surface area contributed by atoms with Crippen LogP contribution in [0, 0.1) is 5.92 Å². The molecule has 1 aromatic carbocycles. The first-order chi connectivity index (χ1) is 10.1. The number of benzene rings is 1. The molecular weight excluding hydrogens is 268 g/mol. The average molecular weight is 290 g/mol. The smallest absolute Gasteiger partial charge is 0.315 e. The largest absolute Gasteiger partial charge is 0.481 e. The molecule has 3 N–H and O–H groups in total. The fourth-order valence-corrected chi connectivity index (χ4v) is 2.71. The second-order valence-corrected chi connectivity index (χ2v) is 5.53. The summed E-state index contributed by atoms with van der Waals surface area (Å²) in [6.07, 6.45) is 3.75. The third kappa shape index (κ3) is 5.10. The van der Waals surface area contributed by atoms with Crippen LogP contribution in [0.5, 0.6) is 0 Å². The number of hydrogen-bond donors (Lipinski definition) is 3. The third-order valence-corrected chi connectivity index (χ3v) is 3.89. The summed E-state index contributed by atoms with van der Waals surface area (Å²) in [4.78, 5) is 22.6. The Kier molecular flexibility index (Phi) is 5.60. The van der Waals surface area contributed by atoms with Gasteiger partial charge in [0.2, 0.25) is 0 Å². The van der Waals surface area contributed by atoms with Crippen molar-refractivity contribution in [3.8, 4) is 0 Å². The molecule has 2 unspecified atom stereocenters. The van der Waals surface area contributed by atoms with E-state index < -0.39 is 5.97 Å². The van der Waals surface area contributed by atoms with E-state index in [4.69, 9.17) is 5.11 Å². The predicted molar refractivity (Wildman–Crippen MR) is 80.1 cm³/mol. The van der Waals surface area contributed by atoms with E-state index in [-0.39, 0.29) is 18.0 Å². The van der Waals surface area contributed by atoms with Crippen LogP contribution in [0.25, 0.3) is 0 Å². The maximum atomic E-state index is 11.7. The maximum absolute atomic E-state index is 11.7. The standard InChI is InChI=1S/C16H22N2O3/c19-15(20)13-8-9-14(11-13)18-16(21)17-10-4-7-12-5-2-1-3-6-12/h1-3,5-6,13-14H,4,7-11H2,(H,19,20)(H2,17,18,21). The number of nitrogens with one attached hydrogen (secondary N) is 2. The lowest BCUT2D eigenvalue weighted by atomic mass is 10.1. The van der Waals surface area contributed by atoms with Crippen molar-refractivity contribution in [2.75, 3.05) is 6.54 Å². The number of carboxylic acids is 1. The van der Waals surface area contributed by atoms with Crippen LogP contribution >= 0.6 is 0 Å². The van der Waals surface area contributed by atoms with Crippen molar-refractivity contribution in [2.24, 2.45) is 5.92 Å². The quantitative estimate of drug-likeness (QED) is 0.703. The molecular formula is C16H22N2O3. The van der Waals surface area contributed by atoms with Gasteiger partial charge in [-0.05, 0) is 37.7 Å². The average Bonchev–Trinajstić information content (AvgIpc) is 2.93. The maximum Gasteiger partial charge on any atom is 0.315 e. The summed E-state index contributed by atoms with van der Waals surface area (Å²) in [6, 6.07) is 9.94. The molecule has 2 amide bonds. The van der Waals surface area contributed by atoms with Crippen LogP contribution in [0.15, 0.2) is 30.3 Å². The monoisotopic (exact) mass is 290 g/mol. The highest BCUT2D eigenvalue weighted by atomic mass is 16.4. The molecule has 0 radical (unpaired) electrons. The lowest BCUT2D eigenvalue weighted by Crippen LogP contribution is -2.41. The molecule has 2 rings (SSSR count). The van der Waals surface area contributed by atoms with Crippen molar-refractivity contribution in [1.82, 2.24) is 10.6 Å².